The summed E-state index contributed by atoms with van der Waals surface area (Å²) >= 11 is 0. The van der Waals surface area contributed by atoms with Crippen LogP contribution >= 0.6 is 0 Å². The van der Waals surface area contributed by atoms with Crippen LogP contribution in [0.15, 0.2) is 72.8 Å². The second kappa shape index (κ2) is 5.32. The molecular weight excluding hydrogens is 316 g/mol. The molecule has 0 saturated heterocycles. The Hall–Kier alpha value is -3.36. The summed E-state index contributed by atoms with van der Waals surface area (Å²) < 4.78 is 0. The Morgan fingerprint density at radius 3 is 2.31 bits per heavy atom. The Bertz CT molecular complexity index is 1100. The predicted octanol–water partition coefficient (Wildman–Crippen LogP) is 4.81. The lowest BCUT2D eigenvalue weighted by atomic mass is 9.60. The van der Waals surface area contributed by atoms with Gasteiger partial charge in [-0.3, -0.25) is 0 Å². The molecule has 0 saturated carbocycles. The zero-order valence-corrected chi connectivity index (χ0v) is 14.2. The van der Waals surface area contributed by atoms with Crippen LogP contribution in [0.4, 0.5) is 0 Å². The lowest BCUT2D eigenvalue weighted by molar-refractivity contribution is 0.532. The molecule has 2 aliphatic carbocycles. The first-order valence-electron chi connectivity index (χ1n) is 8.88. The summed E-state index contributed by atoms with van der Waals surface area (Å²) in [7, 11) is 0. The normalized spacial score (nSPS) is 24.8. The van der Waals surface area contributed by atoms with Crippen LogP contribution in [-0.4, -0.2) is 0 Å². The third-order valence-corrected chi connectivity index (χ3v) is 6.04. The number of nitriles is 2. The highest BCUT2D eigenvalue weighted by Crippen LogP contribution is 2.59. The summed E-state index contributed by atoms with van der Waals surface area (Å²) in [5.74, 6) is -0.247. The van der Waals surface area contributed by atoms with Gasteiger partial charge in [0.1, 0.15) is 5.41 Å². The number of fused-ring (bicyclic) bond motifs is 2. The zero-order chi connectivity index (χ0) is 17.7. The summed E-state index contributed by atoms with van der Waals surface area (Å²) in [4.78, 5) is 0. The predicted molar refractivity (Wildman–Crippen MR) is 99.6 cm³/mol. The van der Waals surface area contributed by atoms with E-state index in [1.54, 1.807) is 0 Å². The smallest absolute Gasteiger partial charge is 0.115 e. The Balaban J connectivity index is 1.90. The third-order valence-electron chi connectivity index (χ3n) is 6.04. The largest absolute Gasteiger partial charge is 0.197 e. The van der Waals surface area contributed by atoms with Gasteiger partial charge < -0.3 is 0 Å². The van der Waals surface area contributed by atoms with E-state index in [1.165, 1.54) is 11.1 Å². The van der Waals surface area contributed by atoms with Crippen molar-refractivity contribution in [3.05, 3.63) is 106 Å². The minimum atomic E-state index is -0.725. The van der Waals surface area contributed by atoms with E-state index in [0.29, 0.717) is 0 Å². The van der Waals surface area contributed by atoms with E-state index >= 15 is 0 Å². The van der Waals surface area contributed by atoms with Gasteiger partial charge >= 0.3 is 0 Å². The average molecular weight is 332 g/mol. The van der Waals surface area contributed by atoms with E-state index in [1.807, 2.05) is 54.6 Å². The lowest BCUT2D eigenvalue weighted by Gasteiger charge is -2.38. The molecule has 3 atom stereocenters. The standard InChI is InChI=1S/C24H16N2/c25-14-20-18-10-4-5-12-21(18)24(15-26)22(16-7-2-1-3-8-16)13-17-9-6-11-19(20)23(17)24/h1-12,20,22H,13H2/t20-,22-,24+/m0/s1. The van der Waals surface area contributed by atoms with Crippen LogP contribution in [0, 0.1) is 22.7 Å². The van der Waals surface area contributed by atoms with Crippen molar-refractivity contribution in [1.29, 1.82) is 10.5 Å². The van der Waals surface area contributed by atoms with Crippen molar-refractivity contribution >= 4 is 0 Å². The fraction of sp³-hybridized carbons (Fsp3) is 0.167. The fourth-order valence-corrected chi connectivity index (χ4v) is 5.04. The zero-order valence-electron chi connectivity index (χ0n) is 14.2. The first kappa shape index (κ1) is 14.9. The van der Waals surface area contributed by atoms with Gasteiger partial charge in [0.25, 0.3) is 0 Å². The van der Waals surface area contributed by atoms with Crippen LogP contribution in [-0.2, 0) is 11.8 Å². The highest BCUT2D eigenvalue weighted by molar-refractivity contribution is 5.69. The van der Waals surface area contributed by atoms with Crippen molar-refractivity contribution in [3.63, 3.8) is 0 Å². The molecule has 5 rings (SSSR count). The molecule has 0 N–H and O–H groups in total. The molecule has 0 spiro atoms. The molecule has 0 fully saturated rings. The van der Waals surface area contributed by atoms with Crippen molar-refractivity contribution in [1.82, 2.24) is 0 Å². The average Bonchev–Trinajstić information content (AvgIpc) is 3.06. The second-order valence-electron chi connectivity index (χ2n) is 7.12. The van der Waals surface area contributed by atoms with Crippen molar-refractivity contribution in [2.45, 2.75) is 23.7 Å². The number of benzene rings is 3. The number of nitrogens with zero attached hydrogens (tertiary/aromatic N) is 2. The van der Waals surface area contributed by atoms with Crippen LogP contribution in [0.3, 0.4) is 0 Å². The molecule has 3 aromatic carbocycles. The Labute approximate surface area is 153 Å². The molecule has 26 heavy (non-hydrogen) atoms. The molecule has 0 aromatic heterocycles. The molecule has 3 aromatic rings. The van der Waals surface area contributed by atoms with Crippen LogP contribution in [0.2, 0.25) is 0 Å². The van der Waals surface area contributed by atoms with Gasteiger partial charge in [-0.15, -0.1) is 0 Å². The SMILES string of the molecule is N#C[C@H]1c2ccccc2[C@@]2(C#N)c3c(cccc31)C[C@H]2c1ccccc1. The number of rotatable bonds is 1. The second-order valence-corrected chi connectivity index (χ2v) is 7.12. The summed E-state index contributed by atoms with van der Waals surface area (Å²) in [5, 5.41) is 20.4. The molecule has 0 amide bonds. The highest BCUT2D eigenvalue weighted by atomic mass is 14.6. The van der Waals surface area contributed by atoms with Gasteiger partial charge in [-0.1, -0.05) is 72.8 Å². The molecule has 122 valence electrons. The van der Waals surface area contributed by atoms with Crippen LogP contribution in [0.5, 0.6) is 0 Å². The van der Waals surface area contributed by atoms with Gasteiger partial charge in [0.2, 0.25) is 0 Å². The fourth-order valence-electron chi connectivity index (χ4n) is 5.04. The Morgan fingerprint density at radius 1 is 0.808 bits per heavy atom. The van der Waals surface area contributed by atoms with Crippen molar-refractivity contribution in [2.75, 3.05) is 0 Å². The van der Waals surface area contributed by atoms with Crippen LogP contribution in [0.25, 0.3) is 0 Å². The van der Waals surface area contributed by atoms with Gasteiger partial charge in [0, 0.05) is 5.92 Å². The molecule has 0 radical (unpaired) electrons. The molecule has 2 nitrogen and oxygen atoms in total. The van der Waals surface area contributed by atoms with Gasteiger partial charge in [-0.2, -0.15) is 10.5 Å². The monoisotopic (exact) mass is 332 g/mol. The summed E-state index contributed by atoms with van der Waals surface area (Å²) in [6.45, 7) is 0. The molecule has 0 bridgehead atoms. The van der Waals surface area contributed by atoms with E-state index < -0.39 is 5.41 Å². The van der Waals surface area contributed by atoms with Crippen LogP contribution < -0.4 is 0 Å². The van der Waals surface area contributed by atoms with Crippen molar-refractivity contribution in [3.8, 4) is 12.1 Å². The summed E-state index contributed by atoms with van der Waals surface area (Å²) in [6.07, 6.45) is 0.827. The first-order valence-corrected chi connectivity index (χ1v) is 8.88. The summed E-state index contributed by atoms with van der Waals surface area (Å²) in [5.41, 5.74) is 5.71. The molecule has 0 heterocycles. The van der Waals surface area contributed by atoms with Crippen molar-refractivity contribution < 1.29 is 0 Å². The minimum Gasteiger partial charge on any atom is -0.197 e. The van der Waals surface area contributed by atoms with E-state index in [2.05, 4.69) is 30.3 Å². The topological polar surface area (TPSA) is 47.6 Å². The molecule has 2 aliphatic rings. The molecule has 2 heteroatoms. The van der Waals surface area contributed by atoms with Gasteiger partial charge in [0.15, 0.2) is 0 Å². The molecular formula is C24H16N2. The lowest BCUT2D eigenvalue weighted by Crippen LogP contribution is -2.36. The third kappa shape index (κ3) is 1.69. The van der Waals surface area contributed by atoms with Gasteiger partial charge in [0.05, 0.1) is 18.1 Å². The maximum atomic E-state index is 10.5. The van der Waals surface area contributed by atoms with Crippen LogP contribution in [0.1, 0.15) is 45.2 Å². The van der Waals surface area contributed by atoms with Gasteiger partial charge in [-0.25, -0.2) is 0 Å². The quantitative estimate of drug-likeness (QED) is 0.642. The van der Waals surface area contributed by atoms with Gasteiger partial charge in [-0.05, 0) is 39.8 Å². The first-order chi connectivity index (χ1) is 12.8. The van der Waals surface area contributed by atoms with E-state index in [4.69, 9.17) is 0 Å². The highest BCUT2D eigenvalue weighted by Gasteiger charge is 2.54. The van der Waals surface area contributed by atoms with Crippen molar-refractivity contribution in [2.24, 2.45) is 0 Å². The maximum absolute atomic E-state index is 10.5. The molecule has 0 aliphatic heterocycles. The maximum Gasteiger partial charge on any atom is 0.115 e. The Morgan fingerprint density at radius 2 is 1.54 bits per heavy atom. The Kier molecular flexibility index (Phi) is 3.05. The number of hydrogen-bond donors (Lipinski definition) is 0. The summed E-state index contributed by atoms with van der Waals surface area (Å²) in [6, 6.07) is 29.7. The molecule has 0 unspecified atom stereocenters. The minimum absolute atomic E-state index is 0.0608. The van der Waals surface area contributed by atoms with E-state index in [0.717, 1.165) is 28.7 Å². The number of hydrogen-bond acceptors (Lipinski definition) is 2. The van der Waals surface area contributed by atoms with E-state index in [-0.39, 0.29) is 11.8 Å². The van der Waals surface area contributed by atoms with E-state index in [9.17, 15) is 10.5 Å².